The number of fused-ring (bicyclic) bond motifs is 1. The van der Waals surface area contributed by atoms with E-state index in [-0.39, 0.29) is 24.1 Å². The molecule has 0 saturated carbocycles. The summed E-state index contributed by atoms with van der Waals surface area (Å²) in [6, 6.07) is 14.5. The molecule has 5 heteroatoms. The van der Waals surface area contributed by atoms with Gasteiger partial charge < -0.3 is 5.32 Å². The van der Waals surface area contributed by atoms with Crippen LogP contribution in [0, 0.1) is 6.92 Å². The Hall–Kier alpha value is -2.95. The molecule has 0 aliphatic carbocycles. The molecule has 1 amide bonds. The summed E-state index contributed by atoms with van der Waals surface area (Å²) in [6.07, 6.45) is 1.69. The van der Waals surface area contributed by atoms with Crippen molar-refractivity contribution in [2.24, 2.45) is 0 Å². The SMILES string of the molecule is Cc1cc(=O)n(CC(=O)N[C@H](C)c2ccccn2)c2ccccc12. The quantitative estimate of drug-likeness (QED) is 0.803. The van der Waals surface area contributed by atoms with Crippen LogP contribution in [0.3, 0.4) is 0 Å². The molecule has 5 nitrogen and oxygen atoms in total. The molecule has 3 rings (SSSR count). The van der Waals surface area contributed by atoms with E-state index in [1.807, 2.05) is 56.3 Å². The van der Waals surface area contributed by atoms with Crippen molar-refractivity contribution in [3.63, 3.8) is 0 Å². The highest BCUT2D eigenvalue weighted by molar-refractivity contribution is 5.84. The summed E-state index contributed by atoms with van der Waals surface area (Å²) >= 11 is 0. The Kier molecular flexibility index (Phi) is 4.42. The summed E-state index contributed by atoms with van der Waals surface area (Å²) in [5.41, 5.74) is 2.29. The van der Waals surface area contributed by atoms with Gasteiger partial charge in [0.25, 0.3) is 5.56 Å². The van der Waals surface area contributed by atoms with E-state index in [4.69, 9.17) is 0 Å². The van der Waals surface area contributed by atoms with Crippen LogP contribution in [0.15, 0.2) is 59.5 Å². The van der Waals surface area contributed by atoms with E-state index in [0.717, 1.165) is 22.2 Å². The fraction of sp³-hybridized carbons (Fsp3) is 0.211. The van der Waals surface area contributed by atoms with Crippen molar-refractivity contribution in [2.75, 3.05) is 0 Å². The number of rotatable bonds is 4. The lowest BCUT2D eigenvalue weighted by Crippen LogP contribution is -2.34. The number of pyridine rings is 2. The predicted molar refractivity (Wildman–Crippen MR) is 93.7 cm³/mol. The minimum atomic E-state index is -0.218. The third kappa shape index (κ3) is 3.20. The number of para-hydroxylation sites is 1. The Labute approximate surface area is 140 Å². The van der Waals surface area contributed by atoms with Crippen molar-refractivity contribution in [1.82, 2.24) is 14.9 Å². The number of nitrogens with one attached hydrogen (secondary N) is 1. The maximum Gasteiger partial charge on any atom is 0.251 e. The number of hydrogen-bond donors (Lipinski definition) is 1. The molecule has 0 radical (unpaired) electrons. The largest absolute Gasteiger partial charge is 0.346 e. The second kappa shape index (κ2) is 6.66. The van der Waals surface area contributed by atoms with Gasteiger partial charge in [0.15, 0.2) is 0 Å². The van der Waals surface area contributed by atoms with Gasteiger partial charge in [-0.1, -0.05) is 24.3 Å². The van der Waals surface area contributed by atoms with E-state index in [2.05, 4.69) is 10.3 Å². The Bertz CT molecular complexity index is 932. The van der Waals surface area contributed by atoms with Crippen LogP contribution in [0.25, 0.3) is 10.9 Å². The fourth-order valence-corrected chi connectivity index (χ4v) is 2.80. The molecule has 122 valence electrons. The summed E-state index contributed by atoms with van der Waals surface area (Å²) in [4.78, 5) is 28.9. The van der Waals surface area contributed by atoms with E-state index >= 15 is 0 Å². The van der Waals surface area contributed by atoms with Gasteiger partial charge in [-0.05, 0) is 37.6 Å². The van der Waals surface area contributed by atoms with Crippen molar-refractivity contribution in [1.29, 1.82) is 0 Å². The van der Waals surface area contributed by atoms with Crippen molar-refractivity contribution in [2.45, 2.75) is 26.4 Å². The number of carbonyl (C=O) groups excluding carboxylic acids is 1. The van der Waals surface area contributed by atoms with Crippen molar-refractivity contribution < 1.29 is 4.79 Å². The maximum atomic E-state index is 12.4. The first kappa shape index (κ1) is 15.9. The number of aromatic nitrogens is 2. The minimum Gasteiger partial charge on any atom is -0.346 e. The zero-order valence-corrected chi connectivity index (χ0v) is 13.7. The molecule has 1 N–H and O–H groups in total. The molecule has 0 spiro atoms. The monoisotopic (exact) mass is 321 g/mol. The van der Waals surface area contributed by atoms with Gasteiger partial charge in [0.2, 0.25) is 5.91 Å². The molecule has 3 aromatic rings. The van der Waals surface area contributed by atoms with E-state index in [1.165, 1.54) is 4.57 Å². The molecule has 0 saturated heterocycles. The van der Waals surface area contributed by atoms with E-state index in [1.54, 1.807) is 12.3 Å². The Balaban J connectivity index is 1.85. The van der Waals surface area contributed by atoms with Gasteiger partial charge in [0, 0.05) is 17.6 Å². The van der Waals surface area contributed by atoms with Gasteiger partial charge in [0.1, 0.15) is 6.54 Å². The fourth-order valence-electron chi connectivity index (χ4n) is 2.80. The first-order valence-electron chi connectivity index (χ1n) is 7.86. The summed E-state index contributed by atoms with van der Waals surface area (Å²) in [5.74, 6) is -0.218. The zero-order chi connectivity index (χ0) is 17.1. The Morgan fingerprint density at radius 1 is 1.21 bits per heavy atom. The number of carbonyl (C=O) groups is 1. The van der Waals surface area contributed by atoms with Crippen LogP contribution in [0.5, 0.6) is 0 Å². The summed E-state index contributed by atoms with van der Waals surface area (Å²) in [5, 5.41) is 3.86. The predicted octanol–water partition coefficient (Wildman–Crippen LogP) is 2.58. The molecule has 0 bridgehead atoms. The smallest absolute Gasteiger partial charge is 0.251 e. The molecule has 0 aliphatic rings. The average molecular weight is 321 g/mol. The first-order valence-corrected chi connectivity index (χ1v) is 7.86. The minimum absolute atomic E-state index is 0.0171. The number of aryl methyl sites for hydroxylation is 1. The lowest BCUT2D eigenvalue weighted by Gasteiger charge is -2.15. The lowest BCUT2D eigenvalue weighted by atomic mass is 10.1. The number of amides is 1. The van der Waals surface area contributed by atoms with Gasteiger partial charge >= 0.3 is 0 Å². The second-order valence-electron chi connectivity index (χ2n) is 5.81. The van der Waals surface area contributed by atoms with Gasteiger partial charge in [-0.3, -0.25) is 19.1 Å². The highest BCUT2D eigenvalue weighted by Crippen LogP contribution is 2.16. The first-order chi connectivity index (χ1) is 11.6. The van der Waals surface area contributed by atoms with Crippen LogP contribution in [-0.2, 0) is 11.3 Å². The molecular formula is C19H19N3O2. The van der Waals surface area contributed by atoms with Crippen LogP contribution in [0.2, 0.25) is 0 Å². The highest BCUT2D eigenvalue weighted by atomic mass is 16.2. The summed E-state index contributed by atoms with van der Waals surface area (Å²) < 4.78 is 1.50. The van der Waals surface area contributed by atoms with Crippen LogP contribution >= 0.6 is 0 Å². The molecular weight excluding hydrogens is 302 g/mol. The molecule has 2 heterocycles. The molecule has 0 aliphatic heterocycles. The van der Waals surface area contributed by atoms with E-state index < -0.39 is 0 Å². The molecule has 1 aromatic carbocycles. The van der Waals surface area contributed by atoms with Gasteiger partial charge in [0.05, 0.1) is 17.3 Å². The van der Waals surface area contributed by atoms with Crippen LogP contribution in [0.1, 0.15) is 24.2 Å². The zero-order valence-electron chi connectivity index (χ0n) is 13.7. The highest BCUT2D eigenvalue weighted by Gasteiger charge is 2.13. The maximum absolute atomic E-state index is 12.4. The molecule has 0 unspecified atom stereocenters. The van der Waals surface area contributed by atoms with Crippen LogP contribution in [0.4, 0.5) is 0 Å². The molecule has 24 heavy (non-hydrogen) atoms. The third-order valence-corrected chi connectivity index (χ3v) is 4.04. The molecule has 2 aromatic heterocycles. The normalized spacial score (nSPS) is 12.1. The Morgan fingerprint density at radius 2 is 1.96 bits per heavy atom. The number of nitrogens with zero attached hydrogens (tertiary/aromatic N) is 2. The van der Waals surface area contributed by atoms with Gasteiger partial charge in [-0.15, -0.1) is 0 Å². The van der Waals surface area contributed by atoms with E-state index in [0.29, 0.717) is 0 Å². The molecule has 0 fully saturated rings. The average Bonchev–Trinajstić information content (AvgIpc) is 2.59. The Morgan fingerprint density at radius 3 is 2.71 bits per heavy atom. The van der Waals surface area contributed by atoms with Gasteiger partial charge in [-0.25, -0.2) is 0 Å². The van der Waals surface area contributed by atoms with Crippen molar-refractivity contribution in [3.05, 3.63) is 76.3 Å². The van der Waals surface area contributed by atoms with Crippen LogP contribution < -0.4 is 10.9 Å². The number of hydrogen-bond acceptors (Lipinski definition) is 3. The number of benzene rings is 1. The topological polar surface area (TPSA) is 64.0 Å². The summed E-state index contributed by atoms with van der Waals surface area (Å²) in [6.45, 7) is 3.75. The third-order valence-electron chi connectivity index (χ3n) is 4.04. The molecule has 1 atom stereocenters. The standard InChI is InChI=1S/C19H19N3O2/c1-13-11-19(24)22(17-9-4-3-7-15(13)17)12-18(23)21-14(2)16-8-5-6-10-20-16/h3-11,14H,12H2,1-2H3,(H,21,23)/t14-/m1/s1. The lowest BCUT2D eigenvalue weighted by molar-refractivity contribution is -0.122. The van der Waals surface area contributed by atoms with Crippen molar-refractivity contribution in [3.8, 4) is 0 Å². The van der Waals surface area contributed by atoms with Gasteiger partial charge in [-0.2, -0.15) is 0 Å². The second-order valence-corrected chi connectivity index (χ2v) is 5.81. The van der Waals surface area contributed by atoms with Crippen molar-refractivity contribution >= 4 is 16.8 Å². The summed E-state index contributed by atoms with van der Waals surface area (Å²) in [7, 11) is 0. The van der Waals surface area contributed by atoms with E-state index in [9.17, 15) is 9.59 Å². The van der Waals surface area contributed by atoms with Crippen LogP contribution in [-0.4, -0.2) is 15.5 Å².